The van der Waals surface area contributed by atoms with Gasteiger partial charge in [0.05, 0.1) is 5.41 Å². The van der Waals surface area contributed by atoms with Crippen LogP contribution in [-0.4, -0.2) is 0 Å². The molecule has 1 aromatic heterocycles. The largest absolute Gasteiger partial charge is 0.455 e. The summed E-state index contributed by atoms with van der Waals surface area (Å²) in [7, 11) is 0. The van der Waals surface area contributed by atoms with E-state index in [4.69, 9.17) is 4.42 Å². The first-order valence-electron chi connectivity index (χ1n) is 25.2. The number of para-hydroxylation sites is 2. The van der Waals surface area contributed by atoms with Gasteiger partial charge in [-0.15, -0.1) is 0 Å². The Morgan fingerprint density at radius 3 is 1.29 bits per heavy atom. The van der Waals surface area contributed by atoms with Crippen LogP contribution in [0, 0.1) is 0 Å². The minimum atomic E-state index is -0.408. The molecule has 2 aliphatic carbocycles. The minimum absolute atomic E-state index is 0.408. The van der Waals surface area contributed by atoms with Gasteiger partial charge < -0.3 is 9.32 Å². The maximum Gasteiger partial charge on any atom is 0.143 e. The van der Waals surface area contributed by atoms with Gasteiger partial charge in [0, 0.05) is 33.4 Å². The van der Waals surface area contributed by atoms with E-state index in [2.05, 4.69) is 266 Å². The van der Waals surface area contributed by atoms with Gasteiger partial charge in [0.1, 0.15) is 11.2 Å². The van der Waals surface area contributed by atoms with Crippen molar-refractivity contribution in [1.29, 1.82) is 0 Å². The van der Waals surface area contributed by atoms with Crippen LogP contribution < -0.4 is 4.90 Å². The lowest BCUT2D eigenvalue weighted by Crippen LogP contribution is -2.26. The molecular weight excluding hydrogens is 883 g/mol. The van der Waals surface area contributed by atoms with E-state index in [1.54, 1.807) is 0 Å². The van der Waals surface area contributed by atoms with Crippen molar-refractivity contribution in [2.75, 3.05) is 4.90 Å². The highest BCUT2D eigenvalue weighted by atomic mass is 16.3. The highest BCUT2D eigenvalue weighted by molar-refractivity contribution is 6.09. The van der Waals surface area contributed by atoms with Gasteiger partial charge in [0.25, 0.3) is 0 Å². The molecule has 0 saturated carbocycles. The molecule has 0 fully saturated rings. The molecule has 0 aliphatic heterocycles. The zero-order chi connectivity index (χ0) is 48.0. The molecule has 2 aliphatic rings. The van der Waals surface area contributed by atoms with Crippen LogP contribution in [0.1, 0.15) is 22.3 Å². The lowest BCUT2D eigenvalue weighted by atomic mass is 9.68. The third-order valence-electron chi connectivity index (χ3n) is 15.7. The van der Waals surface area contributed by atoms with E-state index in [1.165, 1.54) is 83.1 Å². The molecule has 73 heavy (non-hydrogen) atoms. The van der Waals surface area contributed by atoms with E-state index in [0.717, 1.165) is 55.7 Å². The first-order valence-corrected chi connectivity index (χ1v) is 25.2. The molecule has 15 rings (SSSR count). The van der Waals surface area contributed by atoms with E-state index in [-0.39, 0.29) is 0 Å². The van der Waals surface area contributed by atoms with Crippen molar-refractivity contribution in [2.45, 2.75) is 5.41 Å². The summed E-state index contributed by atoms with van der Waals surface area (Å²) >= 11 is 0. The van der Waals surface area contributed by atoms with E-state index < -0.39 is 5.41 Å². The van der Waals surface area contributed by atoms with Gasteiger partial charge >= 0.3 is 0 Å². The minimum Gasteiger partial charge on any atom is -0.455 e. The van der Waals surface area contributed by atoms with Crippen LogP contribution in [-0.2, 0) is 5.41 Å². The molecule has 0 radical (unpaired) electrons. The maximum absolute atomic E-state index is 6.47. The summed E-state index contributed by atoms with van der Waals surface area (Å²) in [4.78, 5) is 2.36. The Morgan fingerprint density at radius 2 is 0.644 bits per heavy atom. The third-order valence-corrected chi connectivity index (χ3v) is 15.7. The lowest BCUT2D eigenvalue weighted by Gasteiger charge is -2.32. The van der Waals surface area contributed by atoms with Crippen LogP contribution in [0.4, 0.5) is 17.1 Å². The van der Waals surface area contributed by atoms with E-state index in [9.17, 15) is 0 Å². The molecule has 0 atom stereocenters. The average molecular weight is 928 g/mol. The quantitative estimate of drug-likeness (QED) is 0.158. The summed E-state index contributed by atoms with van der Waals surface area (Å²) in [6.45, 7) is 0. The summed E-state index contributed by atoms with van der Waals surface area (Å²) in [5, 5.41) is 4.75. The predicted molar refractivity (Wildman–Crippen MR) is 304 cm³/mol. The fourth-order valence-electron chi connectivity index (χ4n) is 12.5. The van der Waals surface area contributed by atoms with Crippen molar-refractivity contribution in [3.05, 3.63) is 295 Å². The number of anilines is 3. The Bertz CT molecular complexity index is 4220. The van der Waals surface area contributed by atoms with Crippen molar-refractivity contribution < 1.29 is 4.42 Å². The Kier molecular flexibility index (Phi) is 9.21. The number of furan rings is 1. The summed E-state index contributed by atoms with van der Waals surface area (Å²) in [6.07, 6.45) is 0. The zero-order valence-electron chi connectivity index (χ0n) is 39.8. The average Bonchev–Trinajstić information content (AvgIpc) is 4.10. The zero-order valence-corrected chi connectivity index (χ0v) is 39.8. The Morgan fingerprint density at radius 1 is 0.260 bits per heavy atom. The van der Waals surface area contributed by atoms with Crippen molar-refractivity contribution in [3.63, 3.8) is 0 Å². The molecule has 0 N–H and O–H groups in total. The predicted octanol–water partition coefficient (Wildman–Crippen LogP) is 19.2. The third kappa shape index (κ3) is 6.24. The number of hydrogen-bond donors (Lipinski definition) is 0. The molecule has 340 valence electrons. The highest BCUT2D eigenvalue weighted by Crippen LogP contribution is 2.64. The van der Waals surface area contributed by atoms with Gasteiger partial charge in [-0.3, -0.25) is 0 Å². The van der Waals surface area contributed by atoms with Gasteiger partial charge in [-0.25, -0.2) is 0 Å². The summed E-state index contributed by atoms with van der Waals surface area (Å²) in [5.41, 5.74) is 24.8. The Labute approximate surface area is 424 Å². The molecule has 2 nitrogen and oxygen atoms in total. The SMILES string of the molecule is c1ccc2c(c1)-c1ccccc1C21c2ccccc2-c2cccc(-c3ccc(-c4ccc(N(c5ccc(-c6cccc7ccccc67)cc5)c5ccc(-c6cccc7c6oc6ccccc67)cc5)cc4)cc3)c21. The molecule has 0 unspecified atom stereocenters. The normalized spacial score (nSPS) is 12.8. The number of rotatable bonds is 7. The number of nitrogens with zero attached hydrogens (tertiary/aromatic N) is 1. The van der Waals surface area contributed by atoms with E-state index in [1.807, 2.05) is 12.1 Å². The monoisotopic (exact) mass is 927 g/mol. The molecule has 0 bridgehead atoms. The first-order chi connectivity index (χ1) is 36.2. The molecule has 13 aromatic rings. The van der Waals surface area contributed by atoms with Gasteiger partial charge in [0.2, 0.25) is 0 Å². The number of benzene rings is 12. The van der Waals surface area contributed by atoms with Crippen molar-refractivity contribution >= 4 is 49.8 Å². The van der Waals surface area contributed by atoms with Gasteiger partial charge in [-0.2, -0.15) is 0 Å². The summed E-state index contributed by atoms with van der Waals surface area (Å²) in [5.74, 6) is 0. The first kappa shape index (κ1) is 41.3. The van der Waals surface area contributed by atoms with Crippen molar-refractivity contribution in [2.24, 2.45) is 0 Å². The Hall–Kier alpha value is -9.50. The lowest BCUT2D eigenvalue weighted by molar-refractivity contribution is 0.670. The van der Waals surface area contributed by atoms with Crippen molar-refractivity contribution in [3.8, 4) is 66.8 Å². The van der Waals surface area contributed by atoms with Gasteiger partial charge in [-0.1, -0.05) is 231 Å². The second-order valence-electron chi connectivity index (χ2n) is 19.5. The van der Waals surface area contributed by atoms with Crippen LogP contribution >= 0.6 is 0 Å². The number of fused-ring (bicyclic) bond motifs is 14. The maximum atomic E-state index is 6.47. The molecule has 2 heteroatoms. The van der Waals surface area contributed by atoms with Gasteiger partial charge in [0.15, 0.2) is 0 Å². The Balaban J connectivity index is 0.798. The summed E-state index contributed by atoms with van der Waals surface area (Å²) < 4.78 is 6.47. The van der Waals surface area contributed by atoms with E-state index in [0.29, 0.717) is 0 Å². The second kappa shape index (κ2) is 16.3. The summed E-state index contributed by atoms with van der Waals surface area (Å²) in [6, 6.07) is 100. The van der Waals surface area contributed by atoms with Crippen molar-refractivity contribution in [1.82, 2.24) is 0 Å². The van der Waals surface area contributed by atoms with Crippen LogP contribution in [0.3, 0.4) is 0 Å². The van der Waals surface area contributed by atoms with Crippen LogP contribution in [0.5, 0.6) is 0 Å². The van der Waals surface area contributed by atoms with Crippen LogP contribution in [0.25, 0.3) is 99.5 Å². The fourth-order valence-corrected chi connectivity index (χ4v) is 12.5. The standard InChI is InChI=1S/C71H45NO/c1-2-16-55-48(14-1)15-11-21-56(55)49-36-42-53(43-37-49)72(54-44-38-51(39-45-54)58-23-13-25-64-62-20-6-10-29-68(62)73-70(58)64)52-40-34-47(35-41-52)46-30-32-50(33-31-46)57-22-12-24-63-61-19-5-9-28-67(61)71(69(57)63)65-26-7-3-17-59(65)60-18-4-8-27-66(60)71/h1-45H. The second-order valence-corrected chi connectivity index (χ2v) is 19.5. The van der Waals surface area contributed by atoms with Crippen LogP contribution in [0.15, 0.2) is 277 Å². The fraction of sp³-hybridized carbons (Fsp3) is 0.0141. The smallest absolute Gasteiger partial charge is 0.143 e. The topological polar surface area (TPSA) is 16.4 Å². The number of hydrogen-bond acceptors (Lipinski definition) is 2. The van der Waals surface area contributed by atoms with Crippen LogP contribution in [0.2, 0.25) is 0 Å². The molecule has 0 amide bonds. The van der Waals surface area contributed by atoms with E-state index >= 15 is 0 Å². The molecule has 1 spiro atoms. The molecule has 1 heterocycles. The van der Waals surface area contributed by atoms with Gasteiger partial charge in [-0.05, 0) is 137 Å². The molecular formula is C71H45NO. The highest BCUT2D eigenvalue weighted by Gasteiger charge is 2.52. The molecule has 0 saturated heterocycles. The molecule has 12 aromatic carbocycles.